The second kappa shape index (κ2) is 8.40. The van der Waals surface area contributed by atoms with Crippen LogP contribution in [0, 0.1) is 0 Å². The first kappa shape index (κ1) is 19.3. The number of carbonyl (C=O) groups is 1. The lowest BCUT2D eigenvalue weighted by atomic mass is 10.1. The van der Waals surface area contributed by atoms with Crippen molar-refractivity contribution in [3.8, 4) is 5.75 Å². The van der Waals surface area contributed by atoms with E-state index >= 15 is 0 Å². The minimum absolute atomic E-state index is 0.360. The van der Waals surface area contributed by atoms with Gasteiger partial charge in [-0.2, -0.15) is 0 Å². The highest BCUT2D eigenvalue weighted by Gasteiger charge is 2.19. The van der Waals surface area contributed by atoms with Crippen LogP contribution in [0.2, 0.25) is 0 Å². The summed E-state index contributed by atoms with van der Waals surface area (Å²) < 4.78 is 16.4. The largest absolute Gasteiger partial charge is 0.491 e. The van der Waals surface area contributed by atoms with E-state index in [0.29, 0.717) is 32.8 Å². The van der Waals surface area contributed by atoms with Crippen LogP contribution in [0.4, 0.5) is 10.5 Å². The van der Waals surface area contributed by atoms with E-state index in [-0.39, 0.29) is 6.09 Å². The number of carbonyl (C=O) groups excluding carboxylic acids is 1. The number of anilines is 1. The molecule has 0 saturated heterocycles. The molecule has 140 valence electrons. The van der Waals surface area contributed by atoms with Gasteiger partial charge in [0.15, 0.2) is 0 Å². The first-order valence-corrected chi connectivity index (χ1v) is 8.47. The van der Waals surface area contributed by atoms with Crippen LogP contribution in [0.3, 0.4) is 0 Å². The van der Waals surface area contributed by atoms with E-state index in [1.807, 2.05) is 39.0 Å². The number of nitrogens with zero attached hydrogens (tertiary/aromatic N) is 1. The number of likely N-dealkylation sites (N-methyl/N-ethyl adjacent to an activating group) is 1. The topological polar surface area (TPSA) is 80.3 Å². The highest BCUT2D eigenvalue weighted by Crippen LogP contribution is 2.28. The lowest BCUT2D eigenvalue weighted by molar-refractivity contribution is 0.0216. The highest BCUT2D eigenvalue weighted by atomic mass is 16.6. The lowest BCUT2D eigenvalue weighted by Gasteiger charge is -2.24. The number of benzene rings is 1. The normalized spacial score (nSPS) is 16.1. The van der Waals surface area contributed by atoms with Crippen molar-refractivity contribution in [2.45, 2.75) is 39.0 Å². The predicted molar refractivity (Wildman–Crippen MR) is 95.0 cm³/mol. The van der Waals surface area contributed by atoms with Crippen LogP contribution in [0.5, 0.6) is 5.75 Å². The maximum absolute atomic E-state index is 11.8. The van der Waals surface area contributed by atoms with Gasteiger partial charge in [0.25, 0.3) is 0 Å². The van der Waals surface area contributed by atoms with Crippen LogP contribution < -0.4 is 10.1 Å². The Balaban J connectivity index is 1.59. The standard InChI is InChI=1S/C18H28N2O5/c1-18(2,3)25-17(22)20(4)7-8-23-9-10-24-14-5-6-15-13(11-14)12-16(21)19-15/h5-6,11,16,19,21H,7-10,12H2,1-4H3. The monoisotopic (exact) mass is 352 g/mol. The minimum Gasteiger partial charge on any atom is -0.491 e. The summed E-state index contributed by atoms with van der Waals surface area (Å²) >= 11 is 0. The van der Waals surface area contributed by atoms with Gasteiger partial charge in [0.05, 0.1) is 13.2 Å². The fourth-order valence-electron chi connectivity index (χ4n) is 2.36. The molecule has 1 unspecified atom stereocenters. The molecule has 1 amide bonds. The van der Waals surface area contributed by atoms with E-state index in [2.05, 4.69) is 5.32 Å². The molecule has 1 aliphatic heterocycles. The number of ether oxygens (including phenoxy) is 3. The number of rotatable bonds is 7. The van der Waals surface area contributed by atoms with Crippen molar-refractivity contribution in [1.82, 2.24) is 4.90 Å². The Morgan fingerprint density at radius 2 is 2.08 bits per heavy atom. The van der Waals surface area contributed by atoms with Crippen molar-refractivity contribution in [3.05, 3.63) is 23.8 Å². The summed E-state index contributed by atoms with van der Waals surface area (Å²) in [7, 11) is 1.68. The zero-order chi connectivity index (χ0) is 18.4. The summed E-state index contributed by atoms with van der Waals surface area (Å²) in [6.45, 7) is 7.23. The Bertz CT molecular complexity index is 585. The van der Waals surface area contributed by atoms with E-state index in [9.17, 15) is 9.90 Å². The van der Waals surface area contributed by atoms with Crippen molar-refractivity contribution in [2.24, 2.45) is 0 Å². The number of aliphatic hydroxyl groups is 1. The smallest absolute Gasteiger partial charge is 0.410 e. The van der Waals surface area contributed by atoms with Crippen LogP contribution in [0.25, 0.3) is 0 Å². The Morgan fingerprint density at radius 3 is 2.80 bits per heavy atom. The molecule has 7 heteroatoms. The van der Waals surface area contributed by atoms with E-state index in [1.165, 1.54) is 4.90 Å². The van der Waals surface area contributed by atoms with Gasteiger partial charge in [-0.3, -0.25) is 0 Å². The number of hydrogen-bond acceptors (Lipinski definition) is 6. The fourth-order valence-corrected chi connectivity index (χ4v) is 2.36. The summed E-state index contributed by atoms with van der Waals surface area (Å²) in [4.78, 5) is 13.3. The van der Waals surface area contributed by atoms with Gasteiger partial charge in [0.1, 0.15) is 24.2 Å². The van der Waals surface area contributed by atoms with Crippen molar-refractivity contribution in [3.63, 3.8) is 0 Å². The fraction of sp³-hybridized carbons (Fsp3) is 0.611. The van der Waals surface area contributed by atoms with Crippen molar-refractivity contribution in [2.75, 3.05) is 38.7 Å². The van der Waals surface area contributed by atoms with Gasteiger partial charge in [-0.1, -0.05) is 0 Å². The van der Waals surface area contributed by atoms with Gasteiger partial charge in [0, 0.05) is 25.7 Å². The van der Waals surface area contributed by atoms with E-state index in [1.54, 1.807) is 7.05 Å². The molecule has 1 aliphatic rings. The van der Waals surface area contributed by atoms with E-state index < -0.39 is 11.8 Å². The van der Waals surface area contributed by atoms with Gasteiger partial charge in [-0.05, 0) is 44.5 Å². The van der Waals surface area contributed by atoms with Crippen LogP contribution in [0.1, 0.15) is 26.3 Å². The number of nitrogens with one attached hydrogen (secondary N) is 1. The minimum atomic E-state index is -0.518. The molecule has 1 atom stereocenters. The molecule has 25 heavy (non-hydrogen) atoms. The molecule has 1 aromatic carbocycles. The Hall–Kier alpha value is -1.99. The molecule has 2 N–H and O–H groups in total. The van der Waals surface area contributed by atoms with Crippen LogP contribution in [-0.4, -0.2) is 61.3 Å². The van der Waals surface area contributed by atoms with E-state index in [0.717, 1.165) is 17.0 Å². The molecule has 0 spiro atoms. The Morgan fingerprint density at radius 1 is 1.32 bits per heavy atom. The molecule has 1 heterocycles. The van der Waals surface area contributed by atoms with Gasteiger partial charge >= 0.3 is 6.09 Å². The number of amides is 1. The predicted octanol–water partition coefficient (Wildman–Crippen LogP) is 2.24. The molecule has 0 saturated carbocycles. The highest BCUT2D eigenvalue weighted by molar-refractivity contribution is 5.67. The summed E-state index contributed by atoms with van der Waals surface area (Å²) in [6, 6.07) is 5.69. The number of fused-ring (bicyclic) bond motifs is 1. The second-order valence-electron chi connectivity index (χ2n) is 7.05. The molecule has 0 aliphatic carbocycles. The quantitative estimate of drug-likeness (QED) is 0.733. The van der Waals surface area contributed by atoms with Crippen molar-refractivity contribution in [1.29, 1.82) is 0 Å². The zero-order valence-corrected chi connectivity index (χ0v) is 15.4. The average molecular weight is 352 g/mol. The molecule has 0 aromatic heterocycles. The molecule has 1 aromatic rings. The second-order valence-corrected chi connectivity index (χ2v) is 7.05. The third-order valence-corrected chi connectivity index (χ3v) is 3.58. The maximum Gasteiger partial charge on any atom is 0.410 e. The number of aliphatic hydroxyl groups excluding tert-OH is 1. The average Bonchev–Trinajstić information content (AvgIpc) is 2.88. The molecule has 0 bridgehead atoms. The molecule has 2 rings (SSSR count). The summed E-state index contributed by atoms with van der Waals surface area (Å²) in [5.41, 5.74) is 1.49. The van der Waals surface area contributed by atoms with E-state index in [4.69, 9.17) is 14.2 Å². The summed E-state index contributed by atoms with van der Waals surface area (Å²) in [5, 5.41) is 12.5. The van der Waals surface area contributed by atoms with Crippen LogP contribution >= 0.6 is 0 Å². The van der Waals surface area contributed by atoms with Crippen LogP contribution in [0.15, 0.2) is 18.2 Å². The van der Waals surface area contributed by atoms with Gasteiger partial charge in [-0.25, -0.2) is 4.79 Å². The van der Waals surface area contributed by atoms with Gasteiger partial charge in [0.2, 0.25) is 0 Å². The molecular weight excluding hydrogens is 324 g/mol. The molecule has 0 radical (unpaired) electrons. The molecule has 7 nitrogen and oxygen atoms in total. The SMILES string of the molecule is CN(CCOCCOc1ccc2c(c1)CC(O)N2)C(=O)OC(C)(C)C. The van der Waals surface area contributed by atoms with Gasteiger partial charge in [-0.15, -0.1) is 0 Å². The maximum atomic E-state index is 11.8. The third kappa shape index (κ3) is 6.43. The molecule has 0 fully saturated rings. The Kier molecular flexibility index (Phi) is 6.50. The first-order valence-electron chi connectivity index (χ1n) is 8.47. The first-order chi connectivity index (χ1) is 11.7. The van der Waals surface area contributed by atoms with Crippen molar-refractivity contribution < 1.29 is 24.1 Å². The summed E-state index contributed by atoms with van der Waals surface area (Å²) in [6.07, 6.45) is -0.295. The molecular formula is C18H28N2O5. The number of hydrogen-bond donors (Lipinski definition) is 2. The summed E-state index contributed by atoms with van der Waals surface area (Å²) in [5.74, 6) is 0.754. The van der Waals surface area contributed by atoms with Gasteiger partial charge < -0.3 is 29.5 Å². The van der Waals surface area contributed by atoms with Crippen molar-refractivity contribution >= 4 is 11.8 Å². The van der Waals surface area contributed by atoms with Crippen LogP contribution in [-0.2, 0) is 15.9 Å². The third-order valence-electron chi connectivity index (χ3n) is 3.58. The Labute approximate surface area is 148 Å². The zero-order valence-electron chi connectivity index (χ0n) is 15.4. The lowest BCUT2D eigenvalue weighted by Crippen LogP contribution is -2.36.